The topological polar surface area (TPSA) is 69.2 Å². The minimum atomic E-state index is -1.23. The van der Waals surface area contributed by atoms with E-state index >= 15 is 0 Å². The first-order valence-corrected chi connectivity index (χ1v) is 16.4. The van der Waals surface area contributed by atoms with Crippen molar-refractivity contribution in [2.24, 2.45) is 0 Å². The van der Waals surface area contributed by atoms with Crippen LogP contribution in [0.25, 0.3) is 0 Å². The van der Waals surface area contributed by atoms with Gasteiger partial charge in [0, 0.05) is 12.6 Å². The largest absolute Gasteiger partial charge is 0.545 e. The van der Waals surface area contributed by atoms with E-state index in [1.54, 1.807) is 77.0 Å². The Bertz CT molecular complexity index is 619. The Kier molecular flexibility index (Phi) is 8.88. The van der Waals surface area contributed by atoms with E-state index in [2.05, 4.69) is 5.32 Å². The third-order valence-corrected chi connectivity index (χ3v) is 19.9. The quantitative estimate of drug-likeness (QED) is 0.552. The second-order valence-electron chi connectivity index (χ2n) is 8.99. The molecule has 0 saturated heterocycles. The van der Waals surface area contributed by atoms with Crippen LogP contribution in [0.15, 0.2) is 24.3 Å². The molecule has 0 bridgehead atoms. The maximum Gasteiger partial charge on any atom is 0.221 e. The van der Waals surface area contributed by atoms with E-state index in [-0.39, 0.29) is 11.5 Å². The molecule has 5 heteroatoms. The Morgan fingerprint density at radius 2 is 1.17 bits per heavy atom. The average molecular weight is 504 g/mol. The summed E-state index contributed by atoms with van der Waals surface area (Å²) in [7, 11) is 0. The molecule has 29 heavy (non-hydrogen) atoms. The van der Waals surface area contributed by atoms with Crippen molar-refractivity contribution in [2.45, 2.75) is 95.8 Å². The van der Waals surface area contributed by atoms with Crippen LogP contribution in [0.3, 0.4) is 0 Å². The summed E-state index contributed by atoms with van der Waals surface area (Å²) in [6.45, 7) is 1.38. The SMILES string of the molecule is C1CC[CH]([Sn+]([CH]2CCCC2)[CH]2CCCC2)C1.CC(=O)Nc1ccc(C(=O)[O-])cc1. The van der Waals surface area contributed by atoms with Gasteiger partial charge in [-0.25, -0.2) is 0 Å². The van der Waals surface area contributed by atoms with Crippen molar-refractivity contribution < 1.29 is 14.7 Å². The predicted octanol–water partition coefficient (Wildman–Crippen LogP) is 5.32. The number of carbonyl (C=O) groups excluding carboxylic acids is 2. The van der Waals surface area contributed by atoms with Gasteiger partial charge in [0.15, 0.2) is 0 Å². The molecule has 0 aliphatic heterocycles. The molecule has 3 aliphatic carbocycles. The molecule has 1 aromatic carbocycles. The van der Waals surface area contributed by atoms with E-state index in [0.29, 0.717) is 5.69 Å². The van der Waals surface area contributed by atoms with Crippen molar-refractivity contribution in [3.63, 3.8) is 0 Å². The van der Waals surface area contributed by atoms with E-state index in [9.17, 15) is 14.7 Å². The smallest absolute Gasteiger partial charge is 0.221 e. The van der Waals surface area contributed by atoms with Gasteiger partial charge in [0.25, 0.3) is 0 Å². The van der Waals surface area contributed by atoms with Crippen molar-refractivity contribution in [3.8, 4) is 0 Å². The first kappa shape index (κ1) is 22.6. The molecule has 0 heterocycles. The fourth-order valence-electron chi connectivity index (χ4n) is 5.67. The maximum absolute atomic E-state index is 10.6. The van der Waals surface area contributed by atoms with Crippen molar-refractivity contribution >= 4 is 37.3 Å². The second kappa shape index (κ2) is 11.4. The van der Waals surface area contributed by atoms with E-state index in [0.717, 1.165) is 0 Å². The molecule has 4 rings (SSSR count). The summed E-state index contributed by atoms with van der Waals surface area (Å²) in [5, 5.41) is 12.9. The van der Waals surface area contributed by atoms with E-state index in [1.807, 2.05) is 0 Å². The van der Waals surface area contributed by atoms with Crippen LogP contribution in [-0.2, 0) is 4.79 Å². The van der Waals surface area contributed by atoms with Crippen LogP contribution in [0.2, 0.25) is 11.8 Å². The molecule has 0 aromatic heterocycles. The minimum Gasteiger partial charge on any atom is -0.545 e. The fraction of sp³-hybridized carbons (Fsp3) is 0.667. The molecule has 4 nitrogen and oxygen atoms in total. The van der Waals surface area contributed by atoms with Gasteiger partial charge in [-0.1, -0.05) is 12.1 Å². The van der Waals surface area contributed by atoms with Crippen molar-refractivity contribution in [1.82, 2.24) is 0 Å². The molecule has 3 aliphatic rings. The van der Waals surface area contributed by atoms with Crippen LogP contribution >= 0.6 is 0 Å². The summed E-state index contributed by atoms with van der Waals surface area (Å²) in [6.07, 6.45) is 19.6. The number of nitrogens with one attached hydrogen (secondary N) is 1. The van der Waals surface area contributed by atoms with Crippen LogP contribution in [0, 0.1) is 0 Å². The van der Waals surface area contributed by atoms with E-state index in [1.165, 1.54) is 43.0 Å². The van der Waals surface area contributed by atoms with Gasteiger partial charge in [-0.3, -0.25) is 4.79 Å². The van der Waals surface area contributed by atoms with Crippen LogP contribution < -0.4 is 10.4 Å². The zero-order valence-electron chi connectivity index (χ0n) is 17.8. The first-order valence-electron chi connectivity index (χ1n) is 11.5. The molecule has 0 spiro atoms. The number of rotatable bonds is 5. The van der Waals surface area contributed by atoms with Crippen molar-refractivity contribution in [3.05, 3.63) is 29.8 Å². The van der Waals surface area contributed by atoms with Gasteiger partial charge >= 0.3 is 109 Å². The van der Waals surface area contributed by atoms with Crippen LogP contribution in [-0.4, -0.2) is 31.6 Å². The summed E-state index contributed by atoms with van der Waals surface area (Å²) < 4.78 is 4.02. The number of carboxylic acid groups (broad SMARTS) is 1. The number of anilines is 1. The van der Waals surface area contributed by atoms with Crippen LogP contribution in [0.4, 0.5) is 5.69 Å². The molecule has 0 radical (unpaired) electrons. The fourth-order valence-corrected chi connectivity index (χ4v) is 20.6. The summed E-state index contributed by atoms with van der Waals surface area (Å²) in [5.74, 6) is -1.42. The molecule has 1 amide bonds. The Morgan fingerprint density at radius 3 is 1.48 bits per heavy atom. The van der Waals surface area contributed by atoms with Crippen molar-refractivity contribution in [1.29, 1.82) is 0 Å². The molecule has 158 valence electrons. The van der Waals surface area contributed by atoms with Crippen LogP contribution in [0.5, 0.6) is 0 Å². The van der Waals surface area contributed by atoms with E-state index < -0.39 is 25.7 Å². The molecule has 3 fully saturated rings. The van der Waals surface area contributed by atoms with Gasteiger partial charge in [-0.05, 0) is 17.7 Å². The molecule has 3 saturated carbocycles. The first-order chi connectivity index (χ1) is 14.0. The number of carboxylic acids is 1. The number of benzene rings is 1. The summed E-state index contributed by atoms with van der Waals surface area (Å²) in [5.41, 5.74) is 0.659. The molecule has 1 N–H and O–H groups in total. The van der Waals surface area contributed by atoms with Gasteiger partial charge in [0.1, 0.15) is 0 Å². The predicted molar refractivity (Wildman–Crippen MR) is 117 cm³/mol. The van der Waals surface area contributed by atoms with E-state index in [4.69, 9.17) is 0 Å². The molecule has 0 unspecified atom stereocenters. The van der Waals surface area contributed by atoms with Gasteiger partial charge in [0.2, 0.25) is 5.91 Å². The Hall–Kier alpha value is -1.04. The van der Waals surface area contributed by atoms with Gasteiger partial charge in [-0.15, -0.1) is 0 Å². The summed E-state index contributed by atoms with van der Waals surface area (Å²) in [6, 6.07) is 5.76. The maximum atomic E-state index is 10.6. The second-order valence-corrected chi connectivity index (χ2v) is 18.8. The number of hydrogen-bond acceptors (Lipinski definition) is 3. The standard InChI is InChI=1S/C9H9NO3.3C5H9.Sn/c1-6(11)10-8-4-2-7(3-5-8)9(12)13;3*1-2-4-5-3-1;/h2-5H,1H3,(H,10,11)(H,12,13);3*1H,2-5H2;/q;;;;+1/p-1. The number of hydrogen-bond donors (Lipinski definition) is 1. The average Bonchev–Trinajstić information content (AvgIpc) is 3.48. The number of aromatic carboxylic acids is 1. The Labute approximate surface area is 182 Å². The normalized spacial score (nSPS) is 20.3. The van der Waals surface area contributed by atoms with Gasteiger partial charge < -0.3 is 15.2 Å². The zero-order valence-corrected chi connectivity index (χ0v) is 20.6. The molecular weight excluding hydrogens is 469 g/mol. The number of carbonyl (C=O) groups is 2. The number of amides is 1. The van der Waals surface area contributed by atoms with Crippen molar-refractivity contribution in [2.75, 3.05) is 5.32 Å². The molecular formula is C24H35NO3Sn. The van der Waals surface area contributed by atoms with Gasteiger partial charge in [0.05, 0.1) is 5.97 Å². The Balaban J connectivity index is 0.000000170. The minimum absolute atomic E-state index is 0.0918. The zero-order chi connectivity index (χ0) is 20.6. The van der Waals surface area contributed by atoms with Crippen LogP contribution in [0.1, 0.15) is 94.3 Å². The summed E-state index contributed by atoms with van der Waals surface area (Å²) >= 11 is -1.04. The van der Waals surface area contributed by atoms with Gasteiger partial charge in [-0.2, -0.15) is 0 Å². The third-order valence-electron chi connectivity index (χ3n) is 6.92. The molecule has 0 atom stereocenters. The monoisotopic (exact) mass is 505 g/mol. The third kappa shape index (κ3) is 6.73. The Morgan fingerprint density at radius 1 is 0.793 bits per heavy atom. The summed E-state index contributed by atoms with van der Waals surface area (Å²) in [4.78, 5) is 20.9. The molecule has 1 aromatic rings.